The lowest BCUT2D eigenvalue weighted by molar-refractivity contribution is -0.178. The van der Waals surface area contributed by atoms with Gasteiger partial charge in [-0.05, 0) is 44.5 Å². The molecule has 35 heavy (non-hydrogen) atoms. The minimum Gasteiger partial charge on any atom is -0.508 e. The molecule has 1 aromatic rings. The number of rotatable bonds is 4. The maximum atomic E-state index is 13.7. The van der Waals surface area contributed by atoms with E-state index in [1.807, 2.05) is 0 Å². The molecule has 0 saturated heterocycles. The molecule has 190 valence electrons. The first-order valence-electron chi connectivity index (χ1n) is 11.4. The molecule has 3 aliphatic rings. The highest BCUT2D eigenvalue weighted by Gasteiger charge is 2.66. The van der Waals surface area contributed by atoms with Crippen LogP contribution in [0.5, 0.6) is 5.75 Å². The molecule has 6 atom stereocenters. The van der Waals surface area contributed by atoms with Gasteiger partial charge in [0.05, 0.1) is 11.7 Å². The second kappa shape index (κ2) is 8.30. The number of fused-ring (bicyclic) bond motifs is 3. The number of likely N-dealkylation sites (N-methyl/N-ethyl adjacent to an activating group) is 1. The molecule has 1 amide bonds. The maximum Gasteiger partial charge on any atom is 0.230 e. The second-order valence-corrected chi connectivity index (χ2v) is 10.1. The van der Waals surface area contributed by atoms with Gasteiger partial charge in [-0.15, -0.1) is 0 Å². The minimum atomic E-state index is -2.60. The van der Waals surface area contributed by atoms with Crippen molar-refractivity contribution in [3.05, 3.63) is 34.1 Å². The van der Waals surface area contributed by atoms with Gasteiger partial charge < -0.3 is 41.7 Å². The van der Waals surface area contributed by atoms with Crippen LogP contribution in [0.3, 0.4) is 0 Å². The molecule has 1 fully saturated rings. The fraction of sp³-hybridized carbons (Fsp3) is 0.542. The van der Waals surface area contributed by atoms with E-state index in [1.54, 1.807) is 44.1 Å². The maximum absolute atomic E-state index is 13.7. The van der Waals surface area contributed by atoms with E-state index in [0.717, 1.165) is 0 Å². The zero-order chi connectivity index (χ0) is 26.1. The van der Waals surface area contributed by atoms with Crippen molar-refractivity contribution in [1.82, 2.24) is 4.90 Å². The van der Waals surface area contributed by atoms with E-state index in [0.29, 0.717) is 16.8 Å². The summed E-state index contributed by atoms with van der Waals surface area (Å²) in [6.45, 7) is -0.0329. The van der Waals surface area contributed by atoms with Crippen molar-refractivity contribution in [2.24, 2.45) is 29.2 Å². The number of allylic oxidation sites excluding steroid dienone is 1. The van der Waals surface area contributed by atoms with E-state index in [2.05, 4.69) is 0 Å². The van der Waals surface area contributed by atoms with Crippen LogP contribution in [0.15, 0.2) is 17.4 Å². The van der Waals surface area contributed by atoms with Crippen LogP contribution >= 0.6 is 0 Å². The molecule has 11 heteroatoms. The van der Waals surface area contributed by atoms with E-state index in [4.69, 9.17) is 11.5 Å². The molecule has 3 aliphatic carbocycles. The van der Waals surface area contributed by atoms with E-state index >= 15 is 0 Å². The number of ketones is 2. The molecule has 0 aromatic heterocycles. The Morgan fingerprint density at radius 3 is 2.34 bits per heavy atom. The average molecular weight is 489 g/mol. The lowest BCUT2D eigenvalue weighted by Crippen LogP contribution is -2.71. The van der Waals surface area contributed by atoms with Crippen molar-refractivity contribution in [2.45, 2.75) is 37.1 Å². The number of carbonyl (C=O) groups is 3. The Morgan fingerprint density at radius 1 is 1.20 bits per heavy atom. The Balaban J connectivity index is 1.97. The highest BCUT2D eigenvalue weighted by atomic mass is 16.3. The molecule has 8 N–H and O–H groups in total. The van der Waals surface area contributed by atoms with Gasteiger partial charge in [0.1, 0.15) is 17.4 Å². The summed E-state index contributed by atoms with van der Waals surface area (Å²) in [4.78, 5) is 42.5. The SMILES string of the molecule is CN(C)c1cc(CN)c(O)c2c1C[C@H]1C[C@H]3[C@H](N(C)C)C(O)C(C(N)=O)C(=O)[C@@]3(O)C(O)=C1C2=O. The third-order valence-electron chi connectivity index (χ3n) is 7.85. The number of hydrogen-bond acceptors (Lipinski definition) is 10. The third kappa shape index (κ3) is 3.29. The van der Waals surface area contributed by atoms with E-state index < -0.39 is 58.7 Å². The summed E-state index contributed by atoms with van der Waals surface area (Å²) in [5.41, 5.74) is 9.95. The summed E-state index contributed by atoms with van der Waals surface area (Å²) in [6, 6.07) is 0.806. The molecular formula is C24H32N4O7. The number of aliphatic hydroxyl groups is 3. The van der Waals surface area contributed by atoms with Crippen LogP contribution in [-0.2, 0) is 22.6 Å². The summed E-state index contributed by atoms with van der Waals surface area (Å²) in [7, 11) is 6.83. The number of aromatic hydroxyl groups is 1. The van der Waals surface area contributed by atoms with Crippen molar-refractivity contribution in [3.63, 3.8) is 0 Å². The van der Waals surface area contributed by atoms with Crippen LogP contribution in [0.2, 0.25) is 0 Å². The molecule has 0 aliphatic heterocycles. The zero-order valence-corrected chi connectivity index (χ0v) is 20.1. The van der Waals surface area contributed by atoms with Gasteiger partial charge in [0, 0.05) is 49.4 Å². The Kier molecular flexibility index (Phi) is 5.95. The van der Waals surface area contributed by atoms with E-state index in [9.17, 15) is 34.8 Å². The quantitative estimate of drug-likeness (QED) is 0.281. The Bertz CT molecular complexity index is 1160. The predicted molar refractivity (Wildman–Crippen MR) is 126 cm³/mol. The zero-order valence-electron chi connectivity index (χ0n) is 20.1. The van der Waals surface area contributed by atoms with Crippen molar-refractivity contribution in [3.8, 4) is 5.75 Å². The van der Waals surface area contributed by atoms with Gasteiger partial charge in [0.25, 0.3) is 0 Å². The fourth-order valence-corrected chi connectivity index (χ4v) is 6.26. The minimum absolute atomic E-state index is 0.0320. The number of benzene rings is 1. The molecular weight excluding hydrogens is 456 g/mol. The molecule has 11 nitrogen and oxygen atoms in total. The number of nitrogens with two attached hydrogens (primary N) is 2. The predicted octanol–water partition coefficient (Wildman–Crippen LogP) is -1.19. The van der Waals surface area contributed by atoms with Gasteiger partial charge >= 0.3 is 0 Å². The summed E-state index contributed by atoms with van der Waals surface area (Å²) in [5, 5.41) is 44.7. The van der Waals surface area contributed by atoms with Crippen LogP contribution in [0.1, 0.15) is 27.9 Å². The first kappa shape index (κ1) is 25.1. The number of Topliss-reactive ketones (excluding diaryl/α,β-unsaturated/α-hetero) is 2. The first-order chi connectivity index (χ1) is 16.3. The van der Waals surface area contributed by atoms with Crippen molar-refractivity contribution < 1.29 is 34.8 Å². The molecule has 0 bridgehead atoms. The fourth-order valence-electron chi connectivity index (χ4n) is 6.26. The van der Waals surface area contributed by atoms with Gasteiger partial charge in [-0.1, -0.05) is 0 Å². The first-order valence-corrected chi connectivity index (χ1v) is 11.4. The highest BCUT2D eigenvalue weighted by molar-refractivity contribution is 6.16. The smallest absolute Gasteiger partial charge is 0.230 e. The van der Waals surface area contributed by atoms with Gasteiger partial charge in [0.15, 0.2) is 17.2 Å². The van der Waals surface area contributed by atoms with E-state index in [1.165, 1.54) is 0 Å². The van der Waals surface area contributed by atoms with Crippen LogP contribution in [-0.4, -0.2) is 88.7 Å². The van der Waals surface area contributed by atoms with Crippen LogP contribution in [0.4, 0.5) is 5.69 Å². The number of anilines is 1. The van der Waals surface area contributed by atoms with Crippen molar-refractivity contribution in [1.29, 1.82) is 0 Å². The molecule has 2 unspecified atom stereocenters. The van der Waals surface area contributed by atoms with Gasteiger partial charge in [-0.3, -0.25) is 14.4 Å². The van der Waals surface area contributed by atoms with Crippen molar-refractivity contribution >= 4 is 23.2 Å². The lowest BCUT2D eigenvalue weighted by atomic mass is 9.56. The van der Waals surface area contributed by atoms with Gasteiger partial charge in [0.2, 0.25) is 5.91 Å². The number of nitrogens with zero attached hydrogens (tertiary/aromatic N) is 2. The molecule has 0 heterocycles. The van der Waals surface area contributed by atoms with Crippen LogP contribution in [0.25, 0.3) is 0 Å². The molecule has 0 radical (unpaired) electrons. The Labute approximate surface area is 202 Å². The number of aliphatic hydroxyl groups excluding tert-OH is 2. The normalized spacial score (nSPS) is 32.3. The summed E-state index contributed by atoms with van der Waals surface area (Å²) in [6.07, 6.45) is -1.19. The molecule has 1 aromatic carbocycles. The molecule has 4 rings (SSSR count). The van der Waals surface area contributed by atoms with Gasteiger partial charge in [-0.25, -0.2) is 0 Å². The standard InChI is InChI=1S/C24H32N4O7/c1-27(2)13-7-10(8-25)18(29)15-11(13)5-9-6-12-17(28(3)4)20(31)16(23(26)34)22(33)24(12,35)21(32)14(9)19(15)30/h7,9,12,16-17,20,29,31-32,35H,5-6,8,25H2,1-4H3,(H2,26,34)/t9-,12-,16?,17-,20?,24-/m0/s1. The number of primary amides is 1. The monoisotopic (exact) mass is 488 g/mol. The third-order valence-corrected chi connectivity index (χ3v) is 7.85. The number of amides is 1. The number of phenols is 1. The number of phenolic OH excluding ortho intramolecular Hbond substituents is 1. The van der Waals surface area contributed by atoms with Crippen molar-refractivity contribution in [2.75, 3.05) is 33.1 Å². The highest BCUT2D eigenvalue weighted by Crippen LogP contribution is 2.53. The number of hydrogen-bond donors (Lipinski definition) is 6. The van der Waals surface area contributed by atoms with E-state index in [-0.39, 0.29) is 36.3 Å². The van der Waals surface area contributed by atoms with Gasteiger partial charge in [-0.2, -0.15) is 0 Å². The molecule has 1 saturated carbocycles. The second-order valence-electron chi connectivity index (χ2n) is 10.1. The van der Waals surface area contributed by atoms with Crippen LogP contribution in [0, 0.1) is 17.8 Å². The molecule has 0 spiro atoms. The Morgan fingerprint density at radius 2 is 1.83 bits per heavy atom. The lowest BCUT2D eigenvalue weighted by Gasteiger charge is -2.53. The summed E-state index contributed by atoms with van der Waals surface area (Å²) in [5.74, 6) is -7.54. The summed E-state index contributed by atoms with van der Waals surface area (Å²) < 4.78 is 0. The van der Waals surface area contributed by atoms with Crippen LogP contribution < -0.4 is 16.4 Å². The number of carbonyl (C=O) groups excluding carboxylic acids is 3. The largest absolute Gasteiger partial charge is 0.508 e. The Hall–Kier alpha value is -2.99. The average Bonchev–Trinajstić information content (AvgIpc) is 2.75. The summed E-state index contributed by atoms with van der Waals surface area (Å²) >= 11 is 0. The topological polar surface area (TPSA) is 191 Å².